The van der Waals surface area contributed by atoms with Gasteiger partial charge in [-0.2, -0.15) is 13.2 Å². The fourth-order valence-electron chi connectivity index (χ4n) is 4.07. The molecule has 7 nitrogen and oxygen atoms in total. The topological polar surface area (TPSA) is 89.2 Å². The number of alkyl halides is 3. The molecule has 1 saturated heterocycles. The molecule has 1 aliphatic heterocycles. The van der Waals surface area contributed by atoms with Gasteiger partial charge in [0.05, 0.1) is 24.3 Å². The molecule has 2 aromatic heterocycles. The van der Waals surface area contributed by atoms with Crippen molar-refractivity contribution < 1.29 is 17.9 Å². The van der Waals surface area contributed by atoms with Crippen LogP contribution < -0.4 is 11.1 Å². The predicted molar refractivity (Wildman–Crippen MR) is 122 cm³/mol. The Bertz CT molecular complexity index is 1140. The molecule has 2 fully saturated rings. The third-order valence-corrected chi connectivity index (χ3v) is 6.90. The minimum atomic E-state index is -4.52. The minimum absolute atomic E-state index is 0.142. The first kappa shape index (κ1) is 22.3. The molecule has 3 aromatic rings. The molecule has 0 radical (unpaired) electrons. The van der Waals surface area contributed by atoms with Gasteiger partial charge in [0.2, 0.25) is 5.13 Å². The molecule has 1 aliphatic carbocycles. The van der Waals surface area contributed by atoms with E-state index in [-0.39, 0.29) is 17.1 Å². The van der Waals surface area contributed by atoms with Gasteiger partial charge >= 0.3 is 6.18 Å². The molecule has 3 N–H and O–H groups in total. The standard InChI is InChI=1S/C22H25F3N6OS/c23-22(24,25)16-11-14(13-2-3-13)10-15-17(26)12-18(28-19(15)16)20-29-30-21(33-20)27-4-1-5-31-6-8-32-9-7-31/h10-13H,1-9H2,(H2,26,28)(H,27,30). The smallest absolute Gasteiger partial charge is 0.398 e. The molecule has 0 spiro atoms. The summed E-state index contributed by atoms with van der Waals surface area (Å²) in [7, 11) is 0. The van der Waals surface area contributed by atoms with Crippen molar-refractivity contribution >= 4 is 33.1 Å². The highest BCUT2D eigenvalue weighted by molar-refractivity contribution is 7.18. The number of ether oxygens (including phenoxy) is 1. The van der Waals surface area contributed by atoms with Crippen molar-refractivity contribution in [2.24, 2.45) is 0 Å². The average Bonchev–Trinajstić information content (AvgIpc) is 3.54. The van der Waals surface area contributed by atoms with E-state index in [1.165, 1.54) is 17.4 Å². The number of pyridine rings is 1. The molecule has 11 heteroatoms. The number of halogens is 3. The van der Waals surface area contributed by atoms with Crippen molar-refractivity contribution in [1.82, 2.24) is 20.1 Å². The molecule has 176 valence electrons. The summed E-state index contributed by atoms with van der Waals surface area (Å²) in [5, 5.41) is 12.9. The van der Waals surface area contributed by atoms with Crippen molar-refractivity contribution in [3.63, 3.8) is 0 Å². The lowest BCUT2D eigenvalue weighted by atomic mass is 10.0. The van der Waals surface area contributed by atoms with E-state index in [1.54, 1.807) is 12.1 Å². The average molecular weight is 479 g/mol. The predicted octanol–water partition coefficient (Wildman–Crippen LogP) is 4.37. The third kappa shape index (κ3) is 5.04. The summed E-state index contributed by atoms with van der Waals surface area (Å²) >= 11 is 1.25. The van der Waals surface area contributed by atoms with Gasteiger partial charge in [-0.25, -0.2) is 4.98 Å². The molecule has 1 saturated carbocycles. The van der Waals surface area contributed by atoms with E-state index in [0.29, 0.717) is 26.8 Å². The Kier molecular flexibility index (Phi) is 6.11. The van der Waals surface area contributed by atoms with Gasteiger partial charge in [-0.1, -0.05) is 11.3 Å². The highest BCUT2D eigenvalue weighted by Gasteiger charge is 2.36. The molecule has 2 aliphatic rings. The Morgan fingerprint density at radius 1 is 1.15 bits per heavy atom. The van der Waals surface area contributed by atoms with Crippen LogP contribution in [0, 0.1) is 0 Å². The summed E-state index contributed by atoms with van der Waals surface area (Å²) in [6, 6.07) is 4.55. The molecule has 0 bridgehead atoms. The molecule has 3 heterocycles. The fourth-order valence-corrected chi connectivity index (χ4v) is 4.80. The Morgan fingerprint density at radius 2 is 1.94 bits per heavy atom. The van der Waals surface area contributed by atoms with Crippen LogP contribution in [-0.2, 0) is 10.9 Å². The number of nitrogens with zero attached hydrogens (tertiary/aromatic N) is 4. The largest absolute Gasteiger partial charge is 0.418 e. The van der Waals surface area contributed by atoms with Gasteiger partial charge in [-0.15, -0.1) is 10.2 Å². The summed E-state index contributed by atoms with van der Waals surface area (Å²) < 4.78 is 46.8. The monoisotopic (exact) mass is 478 g/mol. The number of morpholine rings is 1. The van der Waals surface area contributed by atoms with E-state index >= 15 is 0 Å². The number of benzene rings is 1. The first-order chi connectivity index (χ1) is 15.9. The van der Waals surface area contributed by atoms with Gasteiger partial charge in [0, 0.05) is 30.7 Å². The molecule has 0 unspecified atom stereocenters. The van der Waals surface area contributed by atoms with Crippen molar-refractivity contribution in [2.75, 3.05) is 50.4 Å². The maximum absolute atomic E-state index is 13.8. The first-order valence-electron chi connectivity index (χ1n) is 11.1. The summed E-state index contributed by atoms with van der Waals surface area (Å²) in [6.07, 6.45) is -1.77. The normalized spacial score (nSPS) is 17.5. The fraction of sp³-hybridized carbons (Fsp3) is 0.500. The number of nitrogens with one attached hydrogen (secondary N) is 1. The van der Waals surface area contributed by atoms with Crippen LogP contribution in [0.3, 0.4) is 0 Å². The van der Waals surface area contributed by atoms with E-state index in [9.17, 15) is 13.2 Å². The zero-order valence-corrected chi connectivity index (χ0v) is 18.8. The summed E-state index contributed by atoms with van der Waals surface area (Å²) in [5.74, 6) is 0.176. The lowest BCUT2D eigenvalue weighted by Gasteiger charge is -2.26. The number of nitrogens with two attached hydrogens (primary N) is 1. The van der Waals surface area contributed by atoms with Gasteiger partial charge in [-0.3, -0.25) is 4.90 Å². The Labute approximate surface area is 193 Å². The second-order valence-corrected chi connectivity index (χ2v) is 9.46. The molecule has 0 amide bonds. The number of aromatic nitrogens is 3. The summed E-state index contributed by atoms with van der Waals surface area (Å²) in [5.41, 5.74) is 6.54. The van der Waals surface area contributed by atoms with Crippen LogP contribution in [0.2, 0.25) is 0 Å². The van der Waals surface area contributed by atoms with Crippen LogP contribution in [0.25, 0.3) is 21.6 Å². The zero-order chi connectivity index (χ0) is 23.0. The van der Waals surface area contributed by atoms with Crippen molar-refractivity contribution in [1.29, 1.82) is 0 Å². The van der Waals surface area contributed by atoms with Crippen LogP contribution in [0.15, 0.2) is 18.2 Å². The maximum atomic E-state index is 13.8. The summed E-state index contributed by atoms with van der Waals surface area (Å²) in [6.45, 7) is 5.12. The molecule has 1 aromatic carbocycles. The molecule has 33 heavy (non-hydrogen) atoms. The van der Waals surface area contributed by atoms with Gasteiger partial charge in [0.15, 0.2) is 5.01 Å². The van der Waals surface area contributed by atoms with E-state index in [2.05, 4.69) is 25.4 Å². The molecule has 0 atom stereocenters. The number of nitrogen functional groups attached to an aromatic ring is 1. The molecular formula is C22H25F3N6OS. The number of anilines is 2. The van der Waals surface area contributed by atoms with Gasteiger partial charge in [0.25, 0.3) is 0 Å². The van der Waals surface area contributed by atoms with Gasteiger partial charge in [-0.05, 0) is 55.5 Å². The van der Waals surface area contributed by atoms with Crippen molar-refractivity contribution in [2.45, 2.75) is 31.4 Å². The number of hydrogen-bond donors (Lipinski definition) is 2. The lowest BCUT2D eigenvalue weighted by Crippen LogP contribution is -2.37. The van der Waals surface area contributed by atoms with Crippen LogP contribution in [0.4, 0.5) is 24.0 Å². The van der Waals surface area contributed by atoms with Crippen molar-refractivity contribution in [3.8, 4) is 10.7 Å². The van der Waals surface area contributed by atoms with Crippen LogP contribution in [0.5, 0.6) is 0 Å². The Balaban J connectivity index is 1.34. The van der Waals surface area contributed by atoms with Crippen LogP contribution in [0.1, 0.15) is 36.3 Å². The second kappa shape index (κ2) is 9.03. The highest BCUT2D eigenvalue weighted by atomic mass is 32.1. The molecule has 5 rings (SSSR count). The Hall–Kier alpha value is -2.50. The molecular weight excluding hydrogens is 453 g/mol. The number of rotatable bonds is 7. The van der Waals surface area contributed by atoms with E-state index in [1.807, 2.05) is 0 Å². The van der Waals surface area contributed by atoms with Gasteiger partial charge < -0.3 is 15.8 Å². The first-order valence-corrected chi connectivity index (χ1v) is 11.9. The van der Waals surface area contributed by atoms with Crippen LogP contribution >= 0.6 is 11.3 Å². The number of hydrogen-bond acceptors (Lipinski definition) is 8. The Morgan fingerprint density at radius 3 is 2.67 bits per heavy atom. The van der Waals surface area contributed by atoms with E-state index in [0.717, 1.165) is 58.7 Å². The van der Waals surface area contributed by atoms with Crippen LogP contribution in [-0.4, -0.2) is 59.5 Å². The van der Waals surface area contributed by atoms with E-state index < -0.39 is 11.7 Å². The quantitative estimate of drug-likeness (QED) is 0.488. The minimum Gasteiger partial charge on any atom is -0.398 e. The number of fused-ring (bicyclic) bond motifs is 1. The third-order valence-electron chi connectivity index (χ3n) is 6.00. The zero-order valence-electron chi connectivity index (χ0n) is 18.0. The van der Waals surface area contributed by atoms with Gasteiger partial charge in [0.1, 0.15) is 5.69 Å². The van der Waals surface area contributed by atoms with E-state index in [4.69, 9.17) is 10.5 Å². The second-order valence-electron chi connectivity index (χ2n) is 8.48. The SMILES string of the molecule is Nc1cc(-c2nnc(NCCCN3CCOCC3)s2)nc2c(C(F)(F)F)cc(C3CC3)cc12. The highest BCUT2D eigenvalue weighted by Crippen LogP contribution is 2.45. The van der Waals surface area contributed by atoms with Crippen molar-refractivity contribution in [3.05, 3.63) is 29.3 Å². The summed E-state index contributed by atoms with van der Waals surface area (Å²) in [4.78, 5) is 6.68. The lowest BCUT2D eigenvalue weighted by molar-refractivity contribution is -0.136. The maximum Gasteiger partial charge on any atom is 0.418 e.